The van der Waals surface area contributed by atoms with Crippen LogP contribution in [0.3, 0.4) is 0 Å². The van der Waals surface area contributed by atoms with Gasteiger partial charge in [-0.1, -0.05) is 13.0 Å². The highest BCUT2D eigenvalue weighted by Crippen LogP contribution is 2.31. The molecule has 7 heteroatoms. The van der Waals surface area contributed by atoms with Crippen LogP contribution in [-0.2, 0) is 0 Å². The number of amides is 1. The van der Waals surface area contributed by atoms with E-state index >= 15 is 0 Å². The van der Waals surface area contributed by atoms with E-state index in [1.165, 1.54) is 18.2 Å². The summed E-state index contributed by atoms with van der Waals surface area (Å²) in [5, 5.41) is 13.6. The van der Waals surface area contributed by atoms with Crippen LogP contribution in [0.25, 0.3) is 0 Å². The van der Waals surface area contributed by atoms with E-state index in [9.17, 15) is 14.9 Å². The molecule has 2 rings (SSSR count). The molecule has 1 aliphatic carbocycles. The quantitative estimate of drug-likeness (QED) is 0.419. The maximum atomic E-state index is 12.0. The second-order valence-corrected chi connectivity index (χ2v) is 4.39. The third-order valence-corrected chi connectivity index (χ3v) is 3.05. The van der Waals surface area contributed by atoms with Gasteiger partial charge in [-0.25, -0.2) is 0 Å². The molecule has 1 aromatic rings. The second kappa shape index (κ2) is 4.61. The lowest BCUT2D eigenvalue weighted by molar-refractivity contribution is -0.384. The van der Waals surface area contributed by atoms with Crippen LogP contribution >= 0.6 is 0 Å². The number of rotatable bonds is 4. The average Bonchev–Trinajstić information content (AvgIpc) is 3.03. The van der Waals surface area contributed by atoms with Gasteiger partial charge < -0.3 is 10.7 Å². The van der Waals surface area contributed by atoms with Crippen molar-refractivity contribution in [3.63, 3.8) is 0 Å². The van der Waals surface area contributed by atoms with Gasteiger partial charge in [0.1, 0.15) is 5.69 Å². The van der Waals surface area contributed by atoms with Gasteiger partial charge in [-0.2, -0.15) is 0 Å². The number of hydrogen-bond donors (Lipinski definition) is 3. The predicted molar refractivity (Wildman–Crippen MR) is 65.9 cm³/mol. The van der Waals surface area contributed by atoms with Gasteiger partial charge in [-0.05, 0) is 18.4 Å². The molecule has 2 unspecified atom stereocenters. The fourth-order valence-corrected chi connectivity index (χ4v) is 1.80. The number of nitrogen functional groups attached to an aromatic ring is 1. The van der Waals surface area contributed by atoms with Crippen molar-refractivity contribution in [3.05, 3.63) is 33.9 Å². The minimum absolute atomic E-state index is 0.0355. The third-order valence-electron chi connectivity index (χ3n) is 3.05. The Balaban J connectivity index is 2.28. The Morgan fingerprint density at radius 3 is 2.72 bits per heavy atom. The molecule has 1 aromatic carbocycles. The first-order valence-electron chi connectivity index (χ1n) is 5.59. The Bertz CT molecular complexity index is 503. The SMILES string of the molecule is CC1CC1NC(=O)c1cccc([N+](=O)[O-])c1NN. The molecule has 0 spiro atoms. The summed E-state index contributed by atoms with van der Waals surface area (Å²) in [6.45, 7) is 2.03. The number of nitro groups is 1. The molecule has 0 aliphatic heterocycles. The number of benzene rings is 1. The molecule has 0 radical (unpaired) electrons. The number of hydrazine groups is 1. The maximum Gasteiger partial charge on any atom is 0.294 e. The Labute approximate surface area is 103 Å². The van der Waals surface area contributed by atoms with Gasteiger partial charge >= 0.3 is 0 Å². The average molecular weight is 250 g/mol. The van der Waals surface area contributed by atoms with Crippen molar-refractivity contribution in [1.82, 2.24) is 5.32 Å². The summed E-state index contributed by atoms with van der Waals surface area (Å²) in [6, 6.07) is 4.42. The molecule has 1 saturated carbocycles. The lowest BCUT2D eigenvalue weighted by Gasteiger charge is -2.09. The van der Waals surface area contributed by atoms with Crippen molar-refractivity contribution in [2.24, 2.45) is 11.8 Å². The Morgan fingerprint density at radius 2 is 2.22 bits per heavy atom. The lowest BCUT2D eigenvalue weighted by Crippen LogP contribution is -2.28. The zero-order valence-corrected chi connectivity index (χ0v) is 9.84. The maximum absolute atomic E-state index is 12.0. The molecule has 0 bridgehead atoms. The fraction of sp³-hybridized carbons (Fsp3) is 0.364. The molecule has 0 saturated heterocycles. The van der Waals surface area contributed by atoms with Crippen molar-refractivity contribution in [1.29, 1.82) is 0 Å². The molecular formula is C11H14N4O3. The van der Waals surface area contributed by atoms with Crippen LogP contribution < -0.4 is 16.6 Å². The van der Waals surface area contributed by atoms with Gasteiger partial charge in [0.15, 0.2) is 0 Å². The number of nitrogens with one attached hydrogen (secondary N) is 2. The Kier molecular flexibility index (Phi) is 3.15. The van der Waals surface area contributed by atoms with Crippen LogP contribution in [0.1, 0.15) is 23.7 Å². The number of nitrogens with two attached hydrogens (primary N) is 1. The summed E-state index contributed by atoms with van der Waals surface area (Å²) < 4.78 is 0. The summed E-state index contributed by atoms with van der Waals surface area (Å²) in [5.74, 6) is 5.38. The van der Waals surface area contributed by atoms with E-state index in [1.54, 1.807) is 0 Å². The smallest absolute Gasteiger partial charge is 0.294 e. The summed E-state index contributed by atoms with van der Waals surface area (Å²) in [7, 11) is 0. The van der Waals surface area contributed by atoms with Crippen LogP contribution in [0.5, 0.6) is 0 Å². The molecule has 96 valence electrons. The highest BCUT2D eigenvalue weighted by atomic mass is 16.6. The van der Waals surface area contributed by atoms with Gasteiger partial charge in [-0.15, -0.1) is 0 Å². The predicted octanol–water partition coefficient (Wildman–Crippen LogP) is 1.02. The molecule has 1 aliphatic rings. The number of carbonyl (C=O) groups is 1. The van der Waals surface area contributed by atoms with E-state index in [1.807, 2.05) is 6.92 Å². The first-order valence-corrected chi connectivity index (χ1v) is 5.59. The highest BCUT2D eigenvalue weighted by molar-refractivity contribution is 6.01. The summed E-state index contributed by atoms with van der Waals surface area (Å²) in [5.41, 5.74) is 2.24. The standard InChI is InChI=1S/C11H14N4O3/c1-6-5-8(6)13-11(16)7-3-2-4-9(15(17)18)10(7)14-12/h2-4,6,8,14H,5,12H2,1H3,(H,13,16). The van der Waals surface area contributed by atoms with E-state index < -0.39 is 4.92 Å². The van der Waals surface area contributed by atoms with Gasteiger partial charge in [0.05, 0.1) is 10.5 Å². The van der Waals surface area contributed by atoms with Gasteiger partial charge in [0.2, 0.25) is 0 Å². The minimum Gasteiger partial charge on any atom is -0.349 e. The van der Waals surface area contributed by atoms with Gasteiger partial charge in [0, 0.05) is 12.1 Å². The Morgan fingerprint density at radius 1 is 1.56 bits per heavy atom. The first-order chi connectivity index (χ1) is 8.54. The third kappa shape index (κ3) is 2.25. The molecule has 1 fully saturated rings. The molecule has 0 heterocycles. The largest absolute Gasteiger partial charge is 0.349 e. The van der Waals surface area contributed by atoms with Crippen LogP contribution in [0.2, 0.25) is 0 Å². The van der Waals surface area contributed by atoms with E-state index in [0.29, 0.717) is 5.92 Å². The zero-order chi connectivity index (χ0) is 13.3. The summed E-state index contributed by atoms with van der Waals surface area (Å²) >= 11 is 0. The van der Waals surface area contributed by atoms with Crippen LogP contribution in [-0.4, -0.2) is 16.9 Å². The van der Waals surface area contributed by atoms with E-state index in [-0.39, 0.29) is 28.9 Å². The number of nitro benzene ring substituents is 1. The minimum atomic E-state index is -0.578. The van der Waals surface area contributed by atoms with Crippen molar-refractivity contribution < 1.29 is 9.72 Å². The van der Waals surface area contributed by atoms with Crippen LogP contribution in [0, 0.1) is 16.0 Å². The topological polar surface area (TPSA) is 110 Å². The summed E-state index contributed by atoms with van der Waals surface area (Å²) in [6.07, 6.45) is 0.937. The van der Waals surface area contributed by atoms with Crippen molar-refractivity contribution in [3.8, 4) is 0 Å². The first kappa shape index (κ1) is 12.3. The van der Waals surface area contributed by atoms with E-state index in [0.717, 1.165) is 6.42 Å². The van der Waals surface area contributed by atoms with Crippen molar-refractivity contribution in [2.45, 2.75) is 19.4 Å². The fourth-order valence-electron chi connectivity index (χ4n) is 1.80. The van der Waals surface area contributed by atoms with Gasteiger partial charge in [0.25, 0.3) is 11.6 Å². The lowest BCUT2D eigenvalue weighted by atomic mass is 10.1. The number of anilines is 1. The molecule has 2 atom stereocenters. The molecule has 7 nitrogen and oxygen atoms in total. The summed E-state index contributed by atoms with van der Waals surface area (Å²) in [4.78, 5) is 22.2. The zero-order valence-electron chi connectivity index (χ0n) is 9.84. The molecule has 0 aromatic heterocycles. The highest BCUT2D eigenvalue weighted by Gasteiger charge is 2.34. The van der Waals surface area contributed by atoms with Crippen LogP contribution in [0.15, 0.2) is 18.2 Å². The number of hydrogen-bond acceptors (Lipinski definition) is 5. The van der Waals surface area contributed by atoms with Crippen molar-refractivity contribution >= 4 is 17.3 Å². The number of para-hydroxylation sites is 1. The van der Waals surface area contributed by atoms with Gasteiger partial charge in [-0.3, -0.25) is 20.8 Å². The monoisotopic (exact) mass is 250 g/mol. The van der Waals surface area contributed by atoms with E-state index in [4.69, 9.17) is 5.84 Å². The van der Waals surface area contributed by atoms with Crippen LogP contribution in [0.4, 0.5) is 11.4 Å². The number of carbonyl (C=O) groups excluding carboxylic acids is 1. The molecular weight excluding hydrogens is 236 g/mol. The molecule has 4 N–H and O–H groups in total. The van der Waals surface area contributed by atoms with E-state index in [2.05, 4.69) is 10.7 Å². The van der Waals surface area contributed by atoms with Crippen molar-refractivity contribution in [2.75, 3.05) is 5.43 Å². The normalized spacial score (nSPS) is 21.2. The number of nitrogens with zero attached hydrogens (tertiary/aromatic N) is 1. The second-order valence-electron chi connectivity index (χ2n) is 4.39. The molecule has 1 amide bonds. The molecule has 18 heavy (non-hydrogen) atoms. The Hall–Kier alpha value is -2.15.